The Labute approximate surface area is 101 Å². The van der Waals surface area contributed by atoms with Gasteiger partial charge in [0.2, 0.25) is 0 Å². The fourth-order valence-corrected chi connectivity index (χ4v) is 3.51. The first-order valence-corrected chi connectivity index (χ1v) is 7.63. The third kappa shape index (κ3) is 3.48. The molecule has 0 radical (unpaired) electrons. The van der Waals surface area contributed by atoms with Crippen LogP contribution in [-0.2, 0) is 0 Å². The van der Waals surface area contributed by atoms with Gasteiger partial charge >= 0.3 is 0 Å². The molecule has 2 aliphatic carbocycles. The van der Waals surface area contributed by atoms with Crippen LogP contribution in [0.1, 0.15) is 71.1 Å². The summed E-state index contributed by atoms with van der Waals surface area (Å²) in [6.07, 6.45) is 14.9. The fraction of sp³-hybridized carbons (Fsp3) is 1.00. The summed E-state index contributed by atoms with van der Waals surface area (Å²) < 4.78 is 0. The predicted molar refractivity (Wildman–Crippen MR) is 70.6 cm³/mol. The van der Waals surface area contributed by atoms with Crippen molar-refractivity contribution in [3.8, 4) is 0 Å². The summed E-state index contributed by atoms with van der Waals surface area (Å²) in [6.45, 7) is 3.42. The van der Waals surface area contributed by atoms with Crippen molar-refractivity contribution in [2.75, 3.05) is 6.54 Å². The molecule has 1 atom stereocenters. The third-order valence-electron chi connectivity index (χ3n) is 4.75. The predicted octanol–water partition coefficient (Wildman–Crippen LogP) is 4.13. The van der Waals surface area contributed by atoms with Crippen LogP contribution in [0.3, 0.4) is 0 Å². The van der Waals surface area contributed by atoms with Crippen LogP contribution in [0.2, 0.25) is 0 Å². The Bertz CT molecular complexity index is 178. The molecule has 2 aliphatic rings. The first-order chi connectivity index (χ1) is 7.90. The fourth-order valence-electron chi connectivity index (χ4n) is 3.51. The van der Waals surface area contributed by atoms with Gasteiger partial charge in [-0.1, -0.05) is 51.9 Å². The molecule has 0 amide bonds. The largest absolute Gasteiger partial charge is 0.314 e. The molecule has 0 aliphatic heterocycles. The van der Waals surface area contributed by atoms with E-state index in [0.717, 1.165) is 24.4 Å². The summed E-state index contributed by atoms with van der Waals surface area (Å²) in [6, 6.07) is 0.849. The Morgan fingerprint density at radius 2 is 1.62 bits per heavy atom. The van der Waals surface area contributed by atoms with Gasteiger partial charge in [-0.05, 0) is 37.6 Å². The molecule has 0 bridgehead atoms. The van der Waals surface area contributed by atoms with Gasteiger partial charge in [-0.3, -0.25) is 0 Å². The Hall–Kier alpha value is -0.0400. The van der Waals surface area contributed by atoms with Gasteiger partial charge in [0.05, 0.1) is 0 Å². The molecule has 0 heterocycles. The first-order valence-electron chi connectivity index (χ1n) is 7.63. The van der Waals surface area contributed by atoms with E-state index in [1.54, 1.807) is 0 Å². The van der Waals surface area contributed by atoms with Crippen molar-refractivity contribution >= 4 is 0 Å². The number of hydrogen-bond donors (Lipinski definition) is 1. The summed E-state index contributed by atoms with van der Waals surface area (Å²) >= 11 is 0. The average molecular weight is 223 g/mol. The Balaban J connectivity index is 1.78. The van der Waals surface area contributed by atoms with E-state index in [-0.39, 0.29) is 0 Å². The van der Waals surface area contributed by atoms with Crippen molar-refractivity contribution in [3.63, 3.8) is 0 Å². The van der Waals surface area contributed by atoms with Crippen molar-refractivity contribution < 1.29 is 0 Å². The van der Waals surface area contributed by atoms with E-state index in [0.29, 0.717) is 0 Å². The molecule has 2 saturated carbocycles. The van der Waals surface area contributed by atoms with Crippen LogP contribution in [0.4, 0.5) is 0 Å². The normalized spacial score (nSPS) is 26.1. The summed E-state index contributed by atoms with van der Waals surface area (Å²) in [5.41, 5.74) is 0. The summed E-state index contributed by atoms with van der Waals surface area (Å²) in [4.78, 5) is 0. The lowest BCUT2D eigenvalue weighted by atomic mass is 9.75. The number of nitrogens with one attached hydrogen (secondary N) is 1. The minimum absolute atomic E-state index is 0.849. The van der Waals surface area contributed by atoms with Crippen LogP contribution < -0.4 is 5.32 Å². The lowest BCUT2D eigenvalue weighted by molar-refractivity contribution is 0.195. The molecule has 16 heavy (non-hydrogen) atoms. The maximum atomic E-state index is 3.75. The van der Waals surface area contributed by atoms with Crippen LogP contribution in [-0.4, -0.2) is 12.6 Å². The first kappa shape index (κ1) is 12.4. The zero-order valence-electron chi connectivity index (χ0n) is 11.0. The lowest BCUT2D eigenvalue weighted by Crippen LogP contribution is -2.40. The molecule has 1 unspecified atom stereocenters. The highest BCUT2D eigenvalue weighted by atomic mass is 14.9. The van der Waals surface area contributed by atoms with E-state index in [1.165, 1.54) is 64.2 Å². The molecular weight excluding hydrogens is 194 g/mol. The molecular formula is C15H29N. The van der Waals surface area contributed by atoms with Crippen molar-refractivity contribution in [1.82, 2.24) is 5.32 Å². The molecule has 0 aromatic heterocycles. The molecule has 2 fully saturated rings. The van der Waals surface area contributed by atoms with Gasteiger partial charge in [-0.15, -0.1) is 0 Å². The van der Waals surface area contributed by atoms with Crippen molar-refractivity contribution in [3.05, 3.63) is 0 Å². The molecule has 1 heteroatoms. The Morgan fingerprint density at radius 1 is 0.938 bits per heavy atom. The molecule has 1 nitrogen and oxygen atoms in total. The molecule has 0 aromatic rings. The second kappa shape index (κ2) is 6.64. The molecule has 0 saturated heterocycles. The molecule has 0 aromatic carbocycles. The zero-order valence-corrected chi connectivity index (χ0v) is 11.0. The second-order valence-corrected chi connectivity index (χ2v) is 5.95. The Morgan fingerprint density at radius 3 is 2.12 bits per heavy atom. The van der Waals surface area contributed by atoms with E-state index in [4.69, 9.17) is 0 Å². The molecule has 2 rings (SSSR count). The van der Waals surface area contributed by atoms with Gasteiger partial charge in [-0.2, -0.15) is 0 Å². The maximum absolute atomic E-state index is 3.75. The smallest absolute Gasteiger partial charge is 0.00978 e. The van der Waals surface area contributed by atoms with Gasteiger partial charge in [0.15, 0.2) is 0 Å². The van der Waals surface area contributed by atoms with Crippen LogP contribution in [0, 0.1) is 11.8 Å². The third-order valence-corrected chi connectivity index (χ3v) is 4.75. The quantitative estimate of drug-likeness (QED) is 0.691. The summed E-state index contributed by atoms with van der Waals surface area (Å²) in [7, 11) is 0. The van der Waals surface area contributed by atoms with E-state index >= 15 is 0 Å². The van der Waals surface area contributed by atoms with Gasteiger partial charge in [0.1, 0.15) is 0 Å². The summed E-state index contributed by atoms with van der Waals surface area (Å²) in [5, 5.41) is 3.75. The minimum Gasteiger partial charge on any atom is -0.314 e. The van der Waals surface area contributed by atoms with Crippen LogP contribution in [0.15, 0.2) is 0 Å². The highest BCUT2D eigenvalue weighted by Gasteiger charge is 2.28. The van der Waals surface area contributed by atoms with Crippen LogP contribution >= 0.6 is 0 Å². The molecule has 1 N–H and O–H groups in total. The zero-order chi connectivity index (χ0) is 11.2. The van der Waals surface area contributed by atoms with Gasteiger partial charge in [-0.25, -0.2) is 0 Å². The number of rotatable bonds is 5. The van der Waals surface area contributed by atoms with E-state index < -0.39 is 0 Å². The Kier molecular flexibility index (Phi) is 5.15. The van der Waals surface area contributed by atoms with Crippen molar-refractivity contribution in [1.29, 1.82) is 0 Å². The second-order valence-electron chi connectivity index (χ2n) is 5.95. The topological polar surface area (TPSA) is 12.0 Å². The van der Waals surface area contributed by atoms with E-state index in [9.17, 15) is 0 Å². The molecule has 94 valence electrons. The van der Waals surface area contributed by atoms with Crippen molar-refractivity contribution in [2.24, 2.45) is 11.8 Å². The van der Waals surface area contributed by atoms with Crippen molar-refractivity contribution in [2.45, 2.75) is 77.2 Å². The lowest BCUT2D eigenvalue weighted by Gasteiger charge is -2.36. The van der Waals surface area contributed by atoms with Gasteiger partial charge in [0.25, 0.3) is 0 Å². The summed E-state index contributed by atoms with van der Waals surface area (Å²) in [5.74, 6) is 2.05. The van der Waals surface area contributed by atoms with E-state index in [1.807, 2.05) is 0 Å². The van der Waals surface area contributed by atoms with Crippen LogP contribution in [0.5, 0.6) is 0 Å². The molecule has 0 spiro atoms. The minimum atomic E-state index is 0.849. The maximum Gasteiger partial charge on any atom is 0.00978 e. The average Bonchev–Trinajstić information content (AvgIpc) is 2.44. The highest BCUT2D eigenvalue weighted by molar-refractivity contribution is 4.84. The SMILES string of the molecule is CCNC(CC1CCCCCC1)C1CCC1. The number of hydrogen-bond acceptors (Lipinski definition) is 1. The van der Waals surface area contributed by atoms with Gasteiger partial charge in [0, 0.05) is 6.04 Å². The van der Waals surface area contributed by atoms with E-state index in [2.05, 4.69) is 12.2 Å². The van der Waals surface area contributed by atoms with Gasteiger partial charge < -0.3 is 5.32 Å². The van der Waals surface area contributed by atoms with Crippen LogP contribution in [0.25, 0.3) is 0 Å². The monoisotopic (exact) mass is 223 g/mol. The highest BCUT2D eigenvalue weighted by Crippen LogP contribution is 2.35. The standard InChI is InChI=1S/C15H29N/c1-2-16-15(14-10-7-11-14)12-13-8-5-3-4-6-9-13/h13-16H,2-12H2,1H3.